The third-order valence-electron chi connectivity index (χ3n) is 7.15. The van der Waals surface area contributed by atoms with Gasteiger partial charge in [0.1, 0.15) is 5.82 Å². The summed E-state index contributed by atoms with van der Waals surface area (Å²) in [6.07, 6.45) is 8.13. The number of carbonyl (C=O) groups excluding carboxylic acids is 1. The molecule has 0 radical (unpaired) electrons. The van der Waals surface area contributed by atoms with Crippen molar-refractivity contribution in [3.63, 3.8) is 0 Å². The van der Waals surface area contributed by atoms with Gasteiger partial charge in [0, 0.05) is 30.7 Å². The summed E-state index contributed by atoms with van der Waals surface area (Å²) in [5, 5.41) is 3.34. The highest BCUT2D eigenvalue weighted by Gasteiger charge is 2.28. The van der Waals surface area contributed by atoms with Crippen LogP contribution in [0, 0.1) is 11.7 Å². The summed E-state index contributed by atoms with van der Waals surface area (Å²) in [6, 6.07) is 6.70. The number of aromatic nitrogens is 2. The third-order valence-corrected chi connectivity index (χ3v) is 7.15. The molecule has 4 atom stereocenters. The van der Waals surface area contributed by atoms with Crippen molar-refractivity contribution < 1.29 is 13.9 Å². The van der Waals surface area contributed by atoms with Crippen molar-refractivity contribution in [3.05, 3.63) is 59.8 Å². The number of hydrogen-bond donors (Lipinski definition) is 2. The number of morpholine rings is 1. The Balaban J connectivity index is 1.43. The molecule has 1 saturated heterocycles. The lowest BCUT2D eigenvalue weighted by molar-refractivity contribution is 0.0532. The number of rotatable bonds is 4. The SMILES string of the molecule is CC1CN(c2cnc3c(C(=O)Nc4cnccc4[C@@H]4C[C@H](C)C[C@H](N)C4)ccc(F)c3c2)CCO1. The lowest BCUT2D eigenvalue weighted by Gasteiger charge is -2.32. The zero-order valence-electron chi connectivity index (χ0n) is 20.2. The highest BCUT2D eigenvalue weighted by Crippen LogP contribution is 2.38. The normalized spacial score (nSPS) is 25.0. The molecule has 1 aliphatic carbocycles. The molecular weight excluding hydrogens is 445 g/mol. The van der Waals surface area contributed by atoms with Crippen molar-refractivity contribution in [2.24, 2.45) is 11.7 Å². The molecule has 1 aromatic carbocycles. The number of nitrogens with one attached hydrogen (secondary N) is 1. The maximum atomic E-state index is 14.8. The molecule has 3 aromatic rings. The van der Waals surface area contributed by atoms with E-state index in [9.17, 15) is 9.18 Å². The van der Waals surface area contributed by atoms with Crippen LogP contribution in [0.25, 0.3) is 10.9 Å². The van der Waals surface area contributed by atoms with E-state index in [-0.39, 0.29) is 24.0 Å². The Bertz CT molecular complexity index is 1230. The largest absolute Gasteiger partial charge is 0.375 e. The number of nitrogens with two attached hydrogens (primary N) is 1. The van der Waals surface area contributed by atoms with Gasteiger partial charge in [-0.05, 0) is 67.9 Å². The molecule has 3 heterocycles. The minimum absolute atomic E-state index is 0.0942. The fourth-order valence-corrected chi connectivity index (χ4v) is 5.55. The quantitative estimate of drug-likeness (QED) is 0.576. The maximum absolute atomic E-state index is 14.8. The van der Waals surface area contributed by atoms with Crippen LogP contribution in [0.15, 0.2) is 42.9 Å². The van der Waals surface area contributed by atoms with Gasteiger partial charge in [0.2, 0.25) is 0 Å². The molecule has 1 aliphatic heterocycles. The van der Waals surface area contributed by atoms with Crippen molar-refractivity contribution >= 4 is 28.2 Å². The first-order chi connectivity index (χ1) is 16.9. The highest BCUT2D eigenvalue weighted by atomic mass is 19.1. The lowest BCUT2D eigenvalue weighted by Crippen LogP contribution is -2.41. The van der Waals surface area contributed by atoms with Crippen LogP contribution in [-0.4, -0.2) is 47.7 Å². The second-order valence-electron chi connectivity index (χ2n) is 10.00. The average Bonchev–Trinajstić information content (AvgIpc) is 2.84. The van der Waals surface area contributed by atoms with Crippen molar-refractivity contribution in [1.29, 1.82) is 0 Å². The van der Waals surface area contributed by atoms with Crippen molar-refractivity contribution in [3.8, 4) is 0 Å². The predicted molar refractivity (Wildman–Crippen MR) is 135 cm³/mol. The summed E-state index contributed by atoms with van der Waals surface area (Å²) >= 11 is 0. The second kappa shape index (κ2) is 9.87. The number of carbonyl (C=O) groups is 1. The first-order valence-electron chi connectivity index (χ1n) is 12.3. The van der Waals surface area contributed by atoms with Crippen molar-refractivity contribution in [2.75, 3.05) is 29.9 Å². The number of halogens is 1. The Hall–Kier alpha value is -3.10. The number of pyridine rings is 2. The van der Waals surface area contributed by atoms with Gasteiger partial charge in [0.25, 0.3) is 5.91 Å². The van der Waals surface area contributed by atoms with E-state index in [0.29, 0.717) is 47.8 Å². The molecule has 2 fully saturated rings. The summed E-state index contributed by atoms with van der Waals surface area (Å²) in [4.78, 5) is 24.3. The van der Waals surface area contributed by atoms with Crippen LogP contribution in [-0.2, 0) is 4.74 Å². The maximum Gasteiger partial charge on any atom is 0.257 e. The summed E-state index contributed by atoms with van der Waals surface area (Å²) < 4.78 is 20.4. The highest BCUT2D eigenvalue weighted by molar-refractivity contribution is 6.12. The molecule has 3 N–H and O–H groups in total. The van der Waals surface area contributed by atoms with Crippen LogP contribution >= 0.6 is 0 Å². The van der Waals surface area contributed by atoms with E-state index in [1.807, 2.05) is 13.0 Å². The standard InChI is InChI=1S/C27H32FN5O2/c1-16-9-18(11-19(29)10-16)21-5-6-30-14-25(21)32-27(34)22-3-4-24(28)23-12-20(13-31-26(22)23)33-7-8-35-17(2)15-33/h3-6,12-14,16-19H,7-11,15,29H2,1-2H3,(H,32,34)/t16-,17?,18+,19-/m0/s1. The second-order valence-corrected chi connectivity index (χ2v) is 10.00. The molecule has 184 valence electrons. The average molecular weight is 478 g/mol. The smallest absolute Gasteiger partial charge is 0.257 e. The molecule has 2 aliphatic rings. The number of hydrogen-bond acceptors (Lipinski definition) is 6. The van der Waals surface area contributed by atoms with Crippen molar-refractivity contribution in [1.82, 2.24) is 9.97 Å². The van der Waals surface area contributed by atoms with E-state index in [2.05, 4.69) is 27.1 Å². The van der Waals surface area contributed by atoms with Crippen LogP contribution < -0.4 is 16.0 Å². The summed E-state index contributed by atoms with van der Waals surface area (Å²) in [7, 11) is 0. The van der Waals surface area contributed by atoms with E-state index < -0.39 is 5.82 Å². The van der Waals surface area contributed by atoms with Gasteiger partial charge >= 0.3 is 0 Å². The minimum atomic E-state index is -0.403. The summed E-state index contributed by atoms with van der Waals surface area (Å²) in [6.45, 7) is 6.27. The molecular formula is C27H32FN5O2. The number of anilines is 2. The van der Waals surface area contributed by atoms with Gasteiger partial charge in [-0.2, -0.15) is 0 Å². The molecule has 1 amide bonds. The summed E-state index contributed by atoms with van der Waals surface area (Å²) in [5.74, 6) is 0.0417. The molecule has 35 heavy (non-hydrogen) atoms. The van der Waals surface area contributed by atoms with Crippen LogP contribution in [0.4, 0.5) is 15.8 Å². The van der Waals surface area contributed by atoms with E-state index in [1.165, 1.54) is 12.1 Å². The molecule has 0 bridgehead atoms. The van der Waals surface area contributed by atoms with Crippen LogP contribution in [0.5, 0.6) is 0 Å². The Kier molecular flexibility index (Phi) is 6.67. The minimum Gasteiger partial charge on any atom is -0.375 e. The van der Waals surface area contributed by atoms with E-state index in [0.717, 1.165) is 30.5 Å². The Morgan fingerprint density at radius 3 is 2.86 bits per heavy atom. The molecule has 7 nitrogen and oxygen atoms in total. The Labute approximate surface area is 204 Å². The first kappa shape index (κ1) is 23.6. The van der Waals surface area contributed by atoms with Gasteiger partial charge in [0.15, 0.2) is 0 Å². The van der Waals surface area contributed by atoms with Gasteiger partial charge in [0.05, 0.1) is 47.6 Å². The molecule has 2 aromatic heterocycles. The predicted octanol–water partition coefficient (Wildman–Crippen LogP) is 4.48. The zero-order chi connectivity index (χ0) is 24.5. The molecule has 8 heteroatoms. The Morgan fingerprint density at radius 1 is 1.20 bits per heavy atom. The van der Waals surface area contributed by atoms with Gasteiger partial charge in [-0.25, -0.2) is 4.39 Å². The number of benzene rings is 1. The molecule has 1 saturated carbocycles. The zero-order valence-corrected chi connectivity index (χ0v) is 20.2. The van der Waals surface area contributed by atoms with E-state index in [1.54, 1.807) is 24.7 Å². The first-order valence-corrected chi connectivity index (χ1v) is 12.3. The molecule has 5 rings (SSSR count). The van der Waals surface area contributed by atoms with Crippen LogP contribution in [0.1, 0.15) is 54.9 Å². The fourth-order valence-electron chi connectivity index (χ4n) is 5.55. The number of nitrogens with zero attached hydrogens (tertiary/aromatic N) is 3. The van der Waals surface area contributed by atoms with Gasteiger partial charge in [-0.1, -0.05) is 6.92 Å². The number of ether oxygens (including phenoxy) is 1. The van der Waals surface area contributed by atoms with E-state index >= 15 is 0 Å². The monoisotopic (exact) mass is 477 g/mol. The number of amides is 1. The van der Waals surface area contributed by atoms with E-state index in [4.69, 9.17) is 10.5 Å². The van der Waals surface area contributed by atoms with Crippen molar-refractivity contribution in [2.45, 2.75) is 51.2 Å². The van der Waals surface area contributed by atoms with Crippen LogP contribution in [0.2, 0.25) is 0 Å². The third kappa shape index (κ3) is 4.99. The van der Waals surface area contributed by atoms with Gasteiger partial charge < -0.3 is 20.7 Å². The molecule has 1 unspecified atom stereocenters. The van der Waals surface area contributed by atoms with Gasteiger partial charge in [-0.3, -0.25) is 14.8 Å². The number of fused-ring (bicyclic) bond motifs is 1. The Morgan fingerprint density at radius 2 is 2.06 bits per heavy atom. The van der Waals surface area contributed by atoms with Crippen LogP contribution in [0.3, 0.4) is 0 Å². The summed E-state index contributed by atoms with van der Waals surface area (Å²) in [5.41, 5.74) is 9.48. The topological polar surface area (TPSA) is 93.4 Å². The van der Waals surface area contributed by atoms with Gasteiger partial charge in [-0.15, -0.1) is 0 Å². The lowest BCUT2D eigenvalue weighted by atomic mass is 9.76. The fraction of sp³-hybridized carbons (Fsp3) is 0.444. The molecule has 0 spiro atoms.